The molecule has 1 saturated heterocycles. The Bertz CT molecular complexity index is 457. The van der Waals surface area contributed by atoms with E-state index in [0.29, 0.717) is 6.54 Å². The highest BCUT2D eigenvalue weighted by Crippen LogP contribution is 2.14. The number of aromatic amines is 1. The van der Waals surface area contributed by atoms with E-state index in [1.807, 2.05) is 18.9 Å². The summed E-state index contributed by atoms with van der Waals surface area (Å²) in [5, 5.41) is 9.20. The molecule has 106 valence electrons. The molecule has 1 fully saturated rings. The van der Waals surface area contributed by atoms with Gasteiger partial charge >= 0.3 is 5.97 Å². The molecule has 6 heteroatoms. The lowest BCUT2D eigenvalue weighted by Gasteiger charge is -2.36. The van der Waals surface area contributed by atoms with Crippen LogP contribution in [0.2, 0.25) is 0 Å². The summed E-state index contributed by atoms with van der Waals surface area (Å²) in [7, 11) is 1.87. The molecule has 0 bridgehead atoms. The van der Waals surface area contributed by atoms with Gasteiger partial charge in [-0.2, -0.15) is 0 Å². The number of nitrogens with zero attached hydrogens (tertiary/aromatic N) is 3. The van der Waals surface area contributed by atoms with Gasteiger partial charge in [0.05, 0.1) is 5.69 Å². The van der Waals surface area contributed by atoms with E-state index in [1.54, 1.807) is 0 Å². The molecule has 2 rings (SSSR count). The molecule has 19 heavy (non-hydrogen) atoms. The fraction of sp³-hybridized carbons (Fsp3) is 0.692. The Balaban J connectivity index is 2.03. The largest absolute Gasteiger partial charge is 0.480 e. The van der Waals surface area contributed by atoms with Crippen molar-refractivity contribution in [1.29, 1.82) is 0 Å². The molecule has 1 aromatic heterocycles. The molecule has 0 aliphatic carbocycles. The number of aromatic nitrogens is 2. The van der Waals surface area contributed by atoms with E-state index in [1.165, 1.54) is 0 Å². The van der Waals surface area contributed by atoms with Crippen LogP contribution in [0.5, 0.6) is 0 Å². The van der Waals surface area contributed by atoms with Crippen molar-refractivity contribution in [2.45, 2.75) is 32.9 Å². The third-order valence-electron chi connectivity index (χ3n) is 3.76. The molecule has 6 nitrogen and oxygen atoms in total. The van der Waals surface area contributed by atoms with E-state index < -0.39 is 12.0 Å². The summed E-state index contributed by atoms with van der Waals surface area (Å²) in [6.45, 7) is 7.03. The summed E-state index contributed by atoms with van der Waals surface area (Å²) in [5.41, 5.74) is 2.12. The maximum absolute atomic E-state index is 11.2. The molecule has 1 aliphatic rings. The topological polar surface area (TPSA) is 72.5 Å². The second-order valence-corrected chi connectivity index (χ2v) is 5.18. The molecule has 2 heterocycles. The number of H-pyrrole nitrogens is 1. The van der Waals surface area contributed by atoms with Gasteiger partial charge in [0.15, 0.2) is 0 Å². The molecule has 0 saturated carbocycles. The highest BCUT2D eigenvalue weighted by Gasteiger charge is 2.30. The van der Waals surface area contributed by atoms with Crippen LogP contribution in [-0.4, -0.2) is 63.6 Å². The van der Waals surface area contributed by atoms with Crippen LogP contribution in [0, 0.1) is 6.92 Å². The first-order valence-corrected chi connectivity index (χ1v) is 6.71. The van der Waals surface area contributed by atoms with Gasteiger partial charge in [0.2, 0.25) is 0 Å². The summed E-state index contributed by atoms with van der Waals surface area (Å²) < 4.78 is 0. The van der Waals surface area contributed by atoms with Gasteiger partial charge in [0, 0.05) is 38.3 Å². The van der Waals surface area contributed by atoms with Gasteiger partial charge in [0.25, 0.3) is 0 Å². The van der Waals surface area contributed by atoms with Crippen LogP contribution in [0.3, 0.4) is 0 Å². The summed E-state index contributed by atoms with van der Waals surface area (Å²) >= 11 is 0. The number of carboxylic acids is 1. The van der Waals surface area contributed by atoms with Crippen LogP contribution in [0.25, 0.3) is 0 Å². The second kappa shape index (κ2) is 5.71. The van der Waals surface area contributed by atoms with Gasteiger partial charge in [-0.05, 0) is 14.0 Å². The standard InChI is InChI=1S/C13H22N4O2/c1-4-12-14-9(2)10(15-12)7-17-6-5-16(3)11(8-17)13(18)19/h11H,4-8H2,1-3H3,(H,14,15)(H,18,19). The zero-order chi connectivity index (χ0) is 14.0. The predicted octanol–water partition coefficient (Wildman–Crippen LogP) is 0.481. The normalized spacial score (nSPS) is 21.7. The van der Waals surface area contributed by atoms with Crippen LogP contribution in [0.1, 0.15) is 24.1 Å². The molecule has 2 N–H and O–H groups in total. The van der Waals surface area contributed by atoms with Gasteiger partial charge in [-0.1, -0.05) is 6.92 Å². The number of aryl methyl sites for hydroxylation is 2. The van der Waals surface area contributed by atoms with Crippen molar-refractivity contribution in [2.24, 2.45) is 0 Å². The highest BCUT2D eigenvalue weighted by atomic mass is 16.4. The minimum Gasteiger partial charge on any atom is -0.480 e. The SMILES string of the molecule is CCc1nc(CN2CCN(C)C(C(=O)O)C2)c(C)[nH]1. The molecular formula is C13H22N4O2. The summed E-state index contributed by atoms with van der Waals surface area (Å²) in [6, 6.07) is -0.418. The van der Waals surface area contributed by atoms with Crippen LogP contribution < -0.4 is 0 Å². The molecule has 1 atom stereocenters. The summed E-state index contributed by atoms with van der Waals surface area (Å²) in [6.07, 6.45) is 0.890. The van der Waals surface area contributed by atoms with Gasteiger partial charge in [-0.15, -0.1) is 0 Å². The molecule has 1 aliphatic heterocycles. The number of hydrogen-bond donors (Lipinski definition) is 2. The third-order valence-corrected chi connectivity index (χ3v) is 3.76. The van der Waals surface area contributed by atoms with E-state index >= 15 is 0 Å². The maximum atomic E-state index is 11.2. The van der Waals surface area contributed by atoms with E-state index in [9.17, 15) is 9.90 Å². The minimum atomic E-state index is -0.750. The first kappa shape index (κ1) is 14.0. The lowest BCUT2D eigenvalue weighted by atomic mass is 10.1. The quantitative estimate of drug-likeness (QED) is 0.829. The molecule has 1 unspecified atom stereocenters. The predicted molar refractivity (Wildman–Crippen MR) is 72.0 cm³/mol. The van der Waals surface area contributed by atoms with Gasteiger partial charge in [-0.3, -0.25) is 14.6 Å². The van der Waals surface area contributed by atoms with Crippen molar-refractivity contribution in [3.05, 3.63) is 17.2 Å². The Labute approximate surface area is 113 Å². The number of carboxylic acid groups (broad SMARTS) is 1. The zero-order valence-corrected chi connectivity index (χ0v) is 11.8. The first-order chi connectivity index (χ1) is 9.01. The smallest absolute Gasteiger partial charge is 0.322 e. The first-order valence-electron chi connectivity index (χ1n) is 6.71. The number of carbonyl (C=O) groups is 1. The Morgan fingerprint density at radius 3 is 2.84 bits per heavy atom. The lowest BCUT2D eigenvalue weighted by Crippen LogP contribution is -2.54. The lowest BCUT2D eigenvalue weighted by molar-refractivity contribution is -0.145. The molecule has 0 aromatic carbocycles. The van der Waals surface area contributed by atoms with Gasteiger partial charge in [0.1, 0.15) is 11.9 Å². The van der Waals surface area contributed by atoms with E-state index in [2.05, 4.69) is 21.8 Å². The average Bonchev–Trinajstić information content (AvgIpc) is 2.72. The number of likely N-dealkylation sites (N-methyl/N-ethyl adjacent to an activating group) is 1. The molecule has 0 spiro atoms. The van der Waals surface area contributed by atoms with E-state index in [4.69, 9.17) is 0 Å². The third kappa shape index (κ3) is 3.13. The van der Waals surface area contributed by atoms with Crippen LogP contribution in [0.15, 0.2) is 0 Å². The van der Waals surface area contributed by atoms with Crippen molar-refractivity contribution in [1.82, 2.24) is 19.8 Å². The van der Waals surface area contributed by atoms with E-state index in [-0.39, 0.29) is 0 Å². The number of aliphatic carboxylic acids is 1. The van der Waals surface area contributed by atoms with Gasteiger partial charge < -0.3 is 10.1 Å². The van der Waals surface area contributed by atoms with Crippen molar-refractivity contribution in [3.8, 4) is 0 Å². The number of rotatable bonds is 4. The van der Waals surface area contributed by atoms with Crippen molar-refractivity contribution >= 4 is 5.97 Å². The summed E-state index contributed by atoms with van der Waals surface area (Å²) in [4.78, 5) is 23.1. The van der Waals surface area contributed by atoms with Crippen LogP contribution in [0.4, 0.5) is 0 Å². The van der Waals surface area contributed by atoms with Crippen molar-refractivity contribution in [3.63, 3.8) is 0 Å². The fourth-order valence-electron chi connectivity index (χ4n) is 2.44. The monoisotopic (exact) mass is 266 g/mol. The Hall–Kier alpha value is -1.40. The number of hydrogen-bond acceptors (Lipinski definition) is 4. The number of piperazine rings is 1. The molecule has 0 radical (unpaired) electrons. The Morgan fingerprint density at radius 1 is 1.53 bits per heavy atom. The number of nitrogens with one attached hydrogen (secondary N) is 1. The Morgan fingerprint density at radius 2 is 2.26 bits per heavy atom. The van der Waals surface area contributed by atoms with Crippen molar-refractivity contribution < 1.29 is 9.90 Å². The number of imidazole rings is 1. The Kier molecular flexibility index (Phi) is 4.21. The van der Waals surface area contributed by atoms with Gasteiger partial charge in [-0.25, -0.2) is 4.98 Å². The highest BCUT2D eigenvalue weighted by molar-refractivity contribution is 5.73. The minimum absolute atomic E-state index is 0.418. The summed E-state index contributed by atoms with van der Waals surface area (Å²) in [5.74, 6) is 0.247. The zero-order valence-electron chi connectivity index (χ0n) is 11.8. The van der Waals surface area contributed by atoms with Crippen LogP contribution in [-0.2, 0) is 17.8 Å². The fourth-order valence-corrected chi connectivity index (χ4v) is 2.44. The molecule has 0 amide bonds. The molecular weight excluding hydrogens is 244 g/mol. The average molecular weight is 266 g/mol. The van der Waals surface area contributed by atoms with Crippen molar-refractivity contribution in [2.75, 3.05) is 26.7 Å². The second-order valence-electron chi connectivity index (χ2n) is 5.18. The van der Waals surface area contributed by atoms with Crippen LogP contribution >= 0.6 is 0 Å². The van der Waals surface area contributed by atoms with E-state index in [0.717, 1.165) is 43.3 Å². The maximum Gasteiger partial charge on any atom is 0.322 e. The molecule has 1 aromatic rings.